The topological polar surface area (TPSA) is 66.0 Å². The van der Waals surface area contributed by atoms with E-state index in [-0.39, 0.29) is 5.41 Å². The van der Waals surface area contributed by atoms with Gasteiger partial charge >= 0.3 is 0 Å². The molecule has 0 saturated carbocycles. The Kier molecular flexibility index (Phi) is 4.02. The molecule has 3 N–H and O–H groups in total. The van der Waals surface area contributed by atoms with E-state index < -0.39 is 0 Å². The molecule has 1 aliphatic rings. The highest BCUT2D eigenvalue weighted by molar-refractivity contribution is 9.10. The Morgan fingerprint density at radius 1 is 1.50 bits per heavy atom. The van der Waals surface area contributed by atoms with E-state index in [4.69, 9.17) is 11.1 Å². The van der Waals surface area contributed by atoms with Crippen molar-refractivity contribution >= 4 is 21.8 Å². The van der Waals surface area contributed by atoms with Gasteiger partial charge in [-0.05, 0) is 54.0 Å². The Morgan fingerprint density at radius 3 is 2.67 bits per heavy atom. The standard InChI is InChI=1S/C13H19BrN4/c1-13(12(15)16)4-6-18(7-5-13)9-11-3-2-10(14)8-17-11/h2-3,8H,4-7,9H2,1H3,(H3,15,16). The summed E-state index contributed by atoms with van der Waals surface area (Å²) in [5.41, 5.74) is 6.64. The van der Waals surface area contributed by atoms with Gasteiger partial charge in [-0.2, -0.15) is 0 Å². The van der Waals surface area contributed by atoms with Crippen LogP contribution in [0.25, 0.3) is 0 Å². The maximum atomic E-state index is 7.64. The van der Waals surface area contributed by atoms with Crippen LogP contribution in [0.3, 0.4) is 0 Å². The molecule has 98 valence electrons. The average molecular weight is 311 g/mol. The van der Waals surface area contributed by atoms with Gasteiger partial charge in [-0.3, -0.25) is 15.3 Å². The van der Waals surface area contributed by atoms with E-state index in [1.54, 1.807) is 0 Å². The smallest absolute Gasteiger partial charge is 0.0966 e. The van der Waals surface area contributed by atoms with E-state index in [1.807, 2.05) is 18.3 Å². The quantitative estimate of drug-likeness (QED) is 0.665. The largest absolute Gasteiger partial charge is 0.387 e. The minimum absolute atomic E-state index is 0.107. The summed E-state index contributed by atoms with van der Waals surface area (Å²) in [4.78, 5) is 6.76. The van der Waals surface area contributed by atoms with E-state index in [1.165, 1.54) is 0 Å². The van der Waals surface area contributed by atoms with Gasteiger partial charge in [0.15, 0.2) is 0 Å². The fourth-order valence-corrected chi connectivity index (χ4v) is 2.44. The summed E-state index contributed by atoms with van der Waals surface area (Å²) >= 11 is 3.39. The third-order valence-corrected chi connectivity index (χ3v) is 4.25. The Bertz CT molecular complexity index is 421. The van der Waals surface area contributed by atoms with Gasteiger partial charge in [0, 0.05) is 22.6 Å². The zero-order valence-corrected chi connectivity index (χ0v) is 12.2. The first-order chi connectivity index (χ1) is 8.49. The maximum Gasteiger partial charge on any atom is 0.0966 e. The van der Waals surface area contributed by atoms with Crippen LogP contribution in [0, 0.1) is 10.8 Å². The van der Waals surface area contributed by atoms with Crippen molar-refractivity contribution in [3.63, 3.8) is 0 Å². The Labute approximate surface area is 116 Å². The van der Waals surface area contributed by atoms with E-state index in [2.05, 4.69) is 32.7 Å². The second kappa shape index (κ2) is 5.36. The summed E-state index contributed by atoms with van der Waals surface area (Å²) in [7, 11) is 0. The van der Waals surface area contributed by atoms with Gasteiger partial charge in [-0.25, -0.2) is 0 Å². The van der Waals surface area contributed by atoms with Crippen LogP contribution in [-0.2, 0) is 6.54 Å². The Morgan fingerprint density at radius 2 is 2.17 bits per heavy atom. The lowest BCUT2D eigenvalue weighted by Crippen LogP contribution is -2.44. The molecule has 1 aromatic rings. The summed E-state index contributed by atoms with van der Waals surface area (Å²) in [5, 5.41) is 7.64. The first-order valence-corrected chi connectivity index (χ1v) is 6.96. The molecule has 0 spiro atoms. The highest BCUT2D eigenvalue weighted by atomic mass is 79.9. The molecule has 1 fully saturated rings. The molecule has 1 aromatic heterocycles. The SMILES string of the molecule is CC1(C(=N)N)CCN(Cc2ccc(Br)cn2)CC1. The molecule has 18 heavy (non-hydrogen) atoms. The molecule has 0 radical (unpaired) electrons. The van der Waals surface area contributed by atoms with E-state index >= 15 is 0 Å². The predicted octanol–water partition coefficient (Wildman–Crippen LogP) is 2.38. The number of hydrogen-bond acceptors (Lipinski definition) is 3. The number of likely N-dealkylation sites (tertiary alicyclic amines) is 1. The van der Waals surface area contributed by atoms with Crippen molar-refractivity contribution in [2.24, 2.45) is 11.1 Å². The first kappa shape index (κ1) is 13.5. The van der Waals surface area contributed by atoms with Gasteiger partial charge in [0.2, 0.25) is 0 Å². The van der Waals surface area contributed by atoms with Crippen molar-refractivity contribution in [3.05, 3.63) is 28.5 Å². The number of nitrogens with two attached hydrogens (primary N) is 1. The number of rotatable bonds is 3. The lowest BCUT2D eigenvalue weighted by Gasteiger charge is -2.38. The highest BCUT2D eigenvalue weighted by Gasteiger charge is 2.32. The molecule has 0 bridgehead atoms. The molecule has 5 heteroatoms. The van der Waals surface area contributed by atoms with Crippen LogP contribution in [-0.4, -0.2) is 28.8 Å². The molecule has 0 aliphatic carbocycles. The normalized spacial score (nSPS) is 19.7. The Balaban J connectivity index is 1.91. The molecule has 0 atom stereocenters. The predicted molar refractivity (Wildman–Crippen MR) is 76.5 cm³/mol. The monoisotopic (exact) mass is 310 g/mol. The average Bonchev–Trinajstić information content (AvgIpc) is 2.35. The molecule has 0 amide bonds. The fraction of sp³-hybridized carbons (Fsp3) is 0.538. The number of nitrogens with zero attached hydrogens (tertiary/aromatic N) is 2. The van der Waals surface area contributed by atoms with Crippen molar-refractivity contribution in [1.29, 1.82) is 5.41 Å². The van der Waals surface area contributed by atoms with Gasteiger partial charge in [0.1, 0.15) is 0 Å². The van der Waals surface area contributed by atoms with Crippen molar-refractivity contribution in [2.75, 3.05) is 13.1 Å². The molecule has 0 aromatic carbocycles. The second-order valence-electron chi connectivity index (χ2n) is 5.22. The summed E-state index contributed by atoms with van der Waals surface area (Å²) in [6, 6.07) is 4.06. The van der Waals surface area contributed by atoms with Crippen molar-refractivity contribution in [1.82, 2.24) is 9.88 Å². The van der Waals surface area contributed by atoms with E-state index in [0.717, 1.165) is 42.6 Å². The Hall–Kier alpha value is -0.940. The number of halogens is 1. The number of hydrogen-bond donors (Lipinski definition) is 2. The maximum absolute atomic E-state index is 7.64. The van der Waals surface area contributed by atoms with E-state index in [9.17, 15) is 0 Å². The molecular weight excluding hydrogens is 292 g/mol. The van der Waals surface area contributed by atoms with Crippen molar-refractivity contribution in [3.8, 4) is 0 Å². The van der Waals surface area contributed by atoms with Gasteiger partial charge in [0.25, 0.3) is 0 Å². The molecule has 1 saturated heterocycles. The molecular formula is C13H19BrN4. The van der Waals surface area contributed by atoms with Crippen LogP contribution >= 0.6 is 15.9 Å². The highest BCUT2D eigenvalue weighted by Crippen LogP contribution is 2.30. The lowest BCUT2D eigenvalue weighted by atomic mass is 9.79. The number of amidine groups is 1. The summed E-state index contributed by atoms with van der Waals surface area (Å²) in [6.07, 6.45) is 3.75. The minimum atomic E-state index is -0.107. The van der Waals surface area contributed by atoms with E-state index in [0.29, 0.717) is 5.84 Å². The number of aromatic nitrogens is 1. The lowest BCUT2D eigenvalue weighted by molar-refractivity contribution is 0.154. The van der Waals surface area contributed by atoms with Crippen LogP contribution in [0.4, 0.5) is 0 Å². The molecule has 1 aliphatic heterocycles. The fourth-order valence-electron chi connectivity index (χ4n) is 2.20. The first-order valence-electron chi connectivity index (χ1n) is 6.17. The van der Waals surface area contributed by atoms with Gasteiger partial charge in [-0.1, -0.05) is 6.92 Å². The molecule has 0 unspecified atom stereocenters. The number of nitrogens with one attached hydrogen (secondary N) is 1. The summed E-state index contributed by atoms with van der Waals surface area (Å²) in [6.45, 7) is 4.92. The van der Waals surface area contributed by atoms with Crippen molar-refractivity contribution in [2.45, 2.75) is 26.3 Å². The molecule has 2 rings (SSSR count). The summed E-state index contributed by atoms with van der Waals surface area (Å²) < 4.78 is 1.01. The number of piperidine rings is 1. The van der Waals surface area contributed by atoms with Crippen LogP contribution in [0.5, 0.6) is 0 Å². The zero-order valence-electron chi connectivity index (χ0n) is 10.6. The minimum Gasteiger partial charge on any atom is -0.387 e. The number of pyridine rings is 1. The second-order valence-corrected chi connectivity index (χ2v) is 6.13. The van der Waals surface area contributed by atoms with Crippen LogP contribution in [0.2, 0.25) is 0 Å². The van der Waals surface area contributed by atoms with Crippen LogP contribution in [0.1, 0.15) is 25.5 Å². The summed E-state index contributed by atoms with van der Waals surface area (Å²) in [5.74, 6) is 0.323. The van der Waals surface area contributed by atoms with Crippen LogP contribution < -0.4 is 5.73 Å². The van der Waals surface area contributed by atoms with Crippen LogP contribution in [0.15, 0.2) is 22.8 Å². The van der Waals surface area contributed by atoms with Gasteiger partial charge in [0.05, 0.1) is 11.5 Å². The third kappa shape index (κ3) is 3.09. The van der Waals surface area contributed by atoms with Crippen molar-refractivity contribution < 1.29 is 0 Å². The zero-order chi connectivity index (χ0) is 13.2. The molecule has 4 nitrogen and oxygen atoms in total. The van der Waals surface area contributed by atoms with Gasteiger partial charge in [-0.15, -0.1) is 0 Å². The third-order valence-electron chi connectivity index (χ3n) is 3.78. The van der Waals surface area contributed by atoms with Gasteiger partial charge < -0.3 is 5.73 Å². The molecule has 2 heterocycles.